The Morgan fingerprint density at radius 2 is 2.00 bits per heavy atom. The van der Waals surface area contributed by atoms with Crippen LogP contribution in [0.5, 0.6) is 0 Å². The van der Waals surface area contributed by atoms with Crippen LogP contribution in [0.1, 0.15) is 24.8 Å². The monoisotopic (exact) mass is 257 g/mol. The molecule has 98 valence electrons. The van der Waals surface area contributed by atoms with E-state index in [9.17, 15) is 9.59 Å². The predicted octanol–water partition coefficient (Wildman–Crippen LogP) is 1.74. The standard InChI is InChI=1S/C14H15N3O2/c15-14(19)17-16-12(10-5-2-1-3-6-10)9-11-7-4-8-13(11)18/h1-3,5-6,9H,4,7-8H2,(H3,15,17,19)/b11-9+,16-12+. The van der Waals surface area contributed by atoms with E-state index in [0.717, 1.165) is 24.0 Å². The number of Topliss-reactive ketones (excluding diaryl/α,β-unsaturated/α-hetero) is 1. The second kappa shape index (κ2) is 5.95. The van der Waals surface area contributed by atoms with Crippen LogP contribution in [-0.2, 0) is 4.79 Å². The van der Waals surface area contributed by atoms with E-state index in [2.05, 4.69) is 10.5 Å². The van der Waals surface area contributed by atoms with E-state index in [1.807, 2.05) is 30.3 Å². The number of hydrogen-bond donors (Lipinski definition) is 2. The highest BCUT2D eigenvalue weighted by Crippen LogP contribution is 2.21. The van der Waals surface area contributed by atoms with Crippen LogP contribution < -0.4 is 11.2 Å². The van der Waals surface area contributed by atoms with E-state index in [-0.39, 0.29) is 5.78 Å². The second-order valence-corrected chi connectivity index (χ2v) is 4.29. The molecule has 0 unspecified atom stereocenters. The maximum Gasteiger partial charge on any atom is 0.332 e. The van der Waals surface area contributed by atoms with Crippen LogP contribution >= 0.6 is 0 Å². The molecule has 1 aromatic carbocycles. The highest BCUT2D eigenvalue weighted by atomic mass is 16.2. The number of urea groups is 1. The Labute approximate surface area is 111 Å². The molecule has 3 N–H and O–H groups in total. The van der Waals surface area contributed by atoms with Crippen molar-refractivity contribution in [1.29, 1.82) is 0 Å². The van der Waals surface area contributed by atoms with Gasteiger partial charge in [0, 0.05) is 12.0 Å². The van der Waals surface area contributed by atoms with Gasteiger partial charge in [-0.25, -0.2) is 10.2 Å². The van der Waals surface area contributed by atoms with Crippen LogP contribution in [0.3, 0.4) is 0 Å². The number of rotatable bonds is 3. The van der Waals surface area contributed by atoms with Crippen LogP contribution in [-0.4, -0.2) is 17.5 Å². The SMILES string of the molecule is NC(=O)N/N=C(\C=C1/CCCC1=O)c1ccccc1. The minimum atomic E-state index is -0.732. The normalized spacial score (nSPS) is 17.8. The Kier molecular flexibility index (Phi) is 4.07. The fraction of sp³-hybridized carbons (Fsp3) is 0.214. The second-order valence-electron chi connectivity index (χ2n) is 4.29. The molecule has 1 aromatic rings. The number of allylic oxidation sites excluding steroid dienone is 2. The lowest BCUT2D eigenvalue weighted by Crippen LogP contribution is -2.25. The van der Waals surface area contributed by atoms with Crippen molar-refractivity contribution in [2.45, 2.75) is 19.3 Å². The van der Waals surface area contributed by atoms with Gasteiger partial charge < -0.3 is 5.73 Å². The molecular formula is C14H15N3O2. The van der Waals surface area contributed by atoms with Crippen molar-refractivity contribution >= 4 is 17.5 Å². The zero-order valence-corrected chi connectivity index (χ0v) is 10.4. The first-order valence-electron chi connectivity index (χ1n) is 6.09. The van der Waals surface area contributed by atoms with E-state index in [1.165, 1.54) is 0 Å². The third-order valence-corrected chi connectivity index (χ3v) is 2.88. The Morgan fingerprint density at radius 3 is 2.58 bits per heavy atom. The molecule has 1 aliphatic rings. The molecule has 19 heavy (non-hydrogen) atoms. The van der Waals surface area contributed by atoms with Crippen LogP contribution in [0.4, 0.5) is 4.79 Å². The van der Waals surface area contributed by atoms with Gasteiger partial charge in [-0.05, 0) is 24.5 Å². The third-order valence-electron chi connectivity index (χ3n) is 2.88. The molecule has 0 bridgehead atoms. The molecular weight excluding hydrogens is 242 g/mol. The molecule has 5 nitrogen and oxygen atoms in total. The minimum absolute atomic E-state index is 0.141. The van der Waals surface area contributed by atoms with Gasteiger partial charge in [0.05, 0.1) is 5.71 Å². The summed E-state index contributed by atoms with van der Waals surface area (Å²) < 4.78 is 0. The number of carbonyl (C=O) groups is 2. The molecule has 1 fully saturated rings. The minimum Gasteiger partial charge on any atom is -0.350 e. The molecule has 0 saturated heterocycles. The van der Waals surface area contributed by atoms with E-state index >= 15 is 0 Å². The fourth-order valence-electron chi connectivity index (χ4n) is 1.96. The van der Waals surface area contributed by atoms with Gasteiger partial charge in [-0.2, -0.15) is 5.10 Å². The van der Waals surface area contributed by atoms with Gasteiger partial charge in [-0.3, -0.25) is 4.79 Å². The first kappa shape index (κ1) is 13.0. The molecule has 0 aliphatic heterocycles. The lowest BCUT2D eigenvalue weighted by atomic mass is 10.1. The summed E-state index contributed by atoms with van der Waals surface area (Å²) in [6, 6.07) is 8.60. The number of hydrazone groups is 1. The molecule has 5 heteroatoms. The number of ketones is 1. The molecule has 0 spiro atoms. The molecule has 1 saturated carbocycles. The fourth-order valence-corrected chi connectivity index (χ4v) is 1.96. The van der Waals surface area contributed by atoms with Crippen molar-refractivity contribution in [2.24, 2.45) is 10.8 Å². The Hall–Kier alpha value is -2.43. The van der Waals surface area contributed by atoms with Crippen molar-refractivity contribution in [3.8, 4) is 0 Å². The average molecular weight is 257 g/mol. The molecule has 2 rings (SSSR count). The lowest BCUT2D eigenvalue weighted by Gasteiger charge is -2.03. The van der Waals surface area contributed by atoms with Crippen LogP contribution in [0.2, 0.25) is 0 Å². The smallest absolute Gasteiger partial charge is 0.332 e. The summed E-state index contributed by atoms with van der Waals surface area (Å²) in [7, 11) is 0. The Morgan fingerprint density at radius 1 is 1.26 bits per heavy atom. The van der Waals surface area contributed by atoms with Gasteiger partial charge >= 0.3 is 6.03 Å². The first-order valence-corrected chi connectivity index (χ1v) is 6.09. The number of nitrogens with one attached hydrogen (secondary N) is 1. The number of benzene rings is 1. The lowest BCUT2D eigenvalue weighted by molar-refractivity contribution is -0.114. The summed E-state index contributed by atoms with van der Waals surface area (Å²) in [5.41, 5.74) is 9.31. The maximum absolute atomic E-state index is 11.6. The average Bonchev–Trinajstić information content (AvgIpc) is 2.81. The number of primary amides is 1. The predicted molar refractivity (Wildman–Crippen MR) is 72.6 cm³/mol. The summed E-state index contributed by atoms with van der Waals surface area (Å²) in [4.78, 5) is 22.4. The van der Waals surface area contributed by atoms with Crippen LogP contribution in [0, 0.1) is 0 Å². The summed E-state index contributed by atoms with van der Waals surface area (Å²) in [6.07, 6.45) is 3.93. The highest BCUT2D eigenvalue weighted by Gasteiger charge is 2.17. The van der Waals surface area contributed by atoms with E-state index in [0.29, 0.717) is 12.1 Å². The van der Waals surface area contributed by atoms with Crippen molar-refractivity contribution in [3.05, 3.63) is 47.5 Å². The molecule has 0 atom stereocenters. The van der Waals surface area contributed by atoms with Crippen LogP contribution in [0.15, 0.2) is 47.1 Å². The number of nitrogens with zero attached hydrogens (tertiary/aromatic N) is 1. The number of amides is 2. The van der Waals surface area contributed by atoms with Gasteiger partial charge in [0.25, 0.3) is 0 Å². The van der Waals surface area contributed by atoms with Gasteiger partial charge in [0.2, 0.25) is 0 Å². The molecule has 0 radical (unpaired) electrons. The molecule has 2 amide bonds. The number of nitrogens with two attached hydrogens (primary N) is 1. The van der Waals surface area contributed by atoms with Gasteiger partial charge in [-0.1, -0.05) is 30.3 Å². The Balaban J connectivity index is 2.32. The van der Waals surface area contributed by atoms with Crippen molar-refractivity contribution in [2.75, 3.05) is 0 Å². The van der Waals surface area contributed by atoms with Crippen LogP contribution in [0.25, 0.3) is 0 Å². The van der Waals surface area contributed by atoms with E-state index < -0.39 is 6.03 Å². The zero-order chi connectivity index (χ0) is 13.7. The summed E-state index contributed by atoms with van der Waals surface area (Å²) in [5.74, 6) is 0.141. The Bertz CT molecular complexity index is 547. The summed E-state index contributed by atoms with van der Waals surface area (Å²) >= 11 is 0. The quantitative estimate of drug-likeness (QED) is 0.491. The topological polar surface area (TPSA) is 84.6 Å². The molecule has 1 aliphatic carbocycles. The largest absolute Gasteiger partial charge is 0.350 e. The van der Waals surface area contributed by atoms with Gasteiger partial charge in [0.1, 0.15) is 0 Å². The van der Waals surface area contributed by atoms with E-state index in [4.69, 9.17) is 5.73 Å². The summed E-state index contributed by atoms with van der Waals surface area (Å²) in [6.45, 7) is 0. The molecule has 0 heterocycles. The number of hydrogen-bond acceptors (Lipinski definition) is 3. The number of carbonyl (C=O) groups excluding carboxylic acids is 2. The highest BCUT2D eigenvalue weighted by molar-refractivity contribution is 6.13. The first-order chi connectivity index (χ1) is 9.16. The molecule has 0 aromatic heterocycles. The van der Waals surface area contributed by atoms with E-state index in [1.54, 1.807) is 6.08 Å². The van der Waals surface area contributed by atoms with Crippen molar-refractivity contribution in [1.82, 2.24) is 5.43 Å². The third kappa shape index (κ3) is 3.51. The summed E-state index contributed by atoms with van der Waals surface area (Å²) in [5, 5.41) is 3.95. The van der Waals surface area contributed by atoms with Gasteiger partial charge in [0.15, 0.2) is 5.78 Å². The van der Waals surface area contributed by atoms with Crippen molar-refractivity contribution in [3.63, 3.8) is 0 Å². The zero-order valence-electron chi connectivity index (χ0n) is 10.4. The van der Waals surface area contributed by atoms with Crippen molar-refractivity contribution < 1.29 is 9.59 Å². The van der Waals surface area contributed by atoms with Gasteiger partial charge in [-0.15, -0.1) is 0 Å². The maximum atomic E-state index is 11.6.